The molecule has 0 bridgehead atoms. The van der Waals surface area contributed by atoms with Gasteiger partial charge in [-0.15, -0.1) is 0 Å². The lowest BCUT2D eigenvalue weighted by atomic mass is 10.2. The highest BCUT2D eigenvalue weighted by Gasteiger charge is 2.05. The Bertz CT molecular complexity index is 540. The number of hydrogen-bond acceptors (Lipinski definition) is 5. The van der Waals surface area contributed by atoms with Gasteiger partial charge in [-0.25, -0.2) is 14.8 Å². The number of rotatable bonds is 3. The van der Waals surface area contributed by atoms with Crippen LogP contribution in [-0.2, 0) is 0 Å². The highest BCUT2D eigenvalue weighted by atomic mass is 16.5. The fraction of sp³-hybridized carbons (Fsp3) is 0. The van der Waals surface area contributed by atoms with Crippen LogP contribution in [0.2, 0.25) is 0 Å². The second-order valence-electron chi connectivity index (χ2n) is 3.18. The Morgan fingerprint density at radius 2 is 1.82 bits per heavy atom. The van der Waals surface area contributed by atoms with Crippen molar-refractivity contribution in [3.63, 3.8) is 0 Å². The molecular weight excluding hydrogens is 222 g/mol. The van der Waals surface area contributed by atoms with Crippen molar-refractivity contribution < 1.29 is 14.6 Å². The predicted molar refractivity (Wildman–Crippen MR) is 59.9 cm³/mol. The first-order chi connectivity index (χ1) is 8.16. The summed E-state index contributed by atoms with van der Waals surface area (Å²) in [6, 6.07) is 5.92. The maximum atomic E-state index is 10.6. The number of carboxylic acid groups (broad SMARTS) is 1. The average molecular weight is 231 g/mol. The van der Waals surface area contributed by atoms with Crippen LogP contribution in [0, 0.1) is 0 Å². The van der Waals surface area contributed by atoms with Crippen molar-refractivity contribution in [2.75, 3.05) is 5.73 Å². The van der Waals surface area contributed by atoms with E-state index < -0.39 is 5.97 Å². The van der Waals surface area contributed by atoms with Crippen molar-refractivity contribution in [1.82, 2.24) is 9.97 Å². The van der Waals surface area contributed by atoms with Gasteiger partial charge in [0.1, 0.15) is 5.75 Å². The molecular formula is C11H9N3O3. The Hall–Kier alpha value is -2.63. The summed E-state index contributed by atoms with van der Waals surface area (Å²) in [5, 5.41) is 8.73. The highest BCUT2D eigenvalue weighted by Crippen LogP contribution is 2.22. The van der Waals surface area contributed by atoms with E-state index >= 15 is 0 Å². The van der Waals surface area contributed by atoms with Crippen LogP contribution in [0.25, 0.3) is 0 Å². The maximum Gasteiger partial charge on any atom is 0.335 e. The molecule has 0 saturated carbocycles. The molecule has 6 heteroatoms. The summed E-state index contributed by atoms with van der Waals surface area (Å²) in [7, 11) is 0. The number of anilines is 1. The third-order valence-electron chi connectivity index (χ3n) is 2.01. The number of carboxylic acids is 1. The smallest absolute Gasteiger partial charge is 0.335 e. The summed E-state index contributed by atoms with van der Waals surface area (Å²) < 4.78 is 5.35. The molecule has 0 saturated heterocycles. The van der Waals surface area contributed by atoms with Crippen LogP contribution in [0.1, 0.15) is 10.4 Å². The van der Waals surface area contributed by atoms with Gasteiger partial charge < -0.3 is 15.6 Å². The molecule has 0 fully saturated rings. The van der Waals surface area contributed by atoms with Crippen LogP contribution in [0.3, 0.4) is 0 Å². The normalized spacial score (nSPS) is 9.88. The fourth-order valence-corrected chi connectivity index (χ4v) is 1.19. The molecule has 0 radical (unpaired) electrons. The summed E-state index contributed by atoms with van der Waals surface area (Å²) in [6.45, 7) is 0. The van der Waals surface area contributed by atoms with Gasteiger partial charge in [0.05, 0.1) is 5.56 Å². The van der Waals surface area contributed by atoms with Crippen LogP contribution >= 0.6 is 0 Å². The second kappa shape index (κ2) is 4.48. The van der Waals surface area contributed by atoms with Gasteiger partial charge in [0.15, 0.2) is 5.82 Å². The molecule has 0 aliphatic rings. The number of carbonyl (C=O) groups is 1. The van der Waals surface area contributed by atoms with Gasteiger partial charge in [-0.1, -0.05) is 0 Å². The summed E-state index contributed by atoms with van der Waals surface area (Å²) in [4.78, 5) is 18.4. The van der Waals surface area contributed by atoms with E-state index in [2.05, 4.69) is 9.97 Å². The van der Waals surface area contributed by atoms with Crippen LogP contribution in [-0.4, -0.2) is 21.0 Å². The Morgan fingerprint density at radius 1 is 1.18 bits per heavy atom. The molecule has 0 aliphatic heterocycles. The number of hydrogen-bond donors (Lipinski definition) is 2. The van der Waals surface area contributed by atoms with Crippen molar-refractivity contribution >= 4 is 11.8 Å². The van der Waals surface area contributed by atoms with E-state index in [0.29, 0.717) is 5.75 Å². The van der Waals surface area contributed by atoms with E-state index in [-0.39, 0.29) is 17.3 Å². The molecule has 3 N–H and O–H groups in total. The number of benzene rings is 1. The predicted octanol–water partition coefficient (Wildman–Crippen LogP) is 1.55. The molecule has 1 aromatic heterocycles. The lowest BCUT2D eigenvalue weighted by Crippen LogP contribution is -1.98. The highest BCUT2D eigenvalue weighted by molar-refractivity contribution is 5.87. The molecule has 2 aromatic rings. The molecule has 2 rings (SSSR count). The summed E-state index contributed by atoms with van der Waals surface area (Å²) in [5.41, 5.74) is 5.74. The lowest BCUT2D eigenvalue weighted by Gasteiger charge is -2.05. The fourth-order valence-electron chi connectivity index (χ4n) is 1.19. The third-order valence-corrected chi connectivity index (χ3v) is 2.01. The van der Waals surface area contributed by atoms with Crippen molar-refractivity contribution in [3.05, 3.63) is 42.2 Å². The van der Waals surface area contributed by atoms with Gasteiger partial charge in [-0.2, -0.15) is 0 Å². The molecule has 0 spiro atoms. The van der Waals surface area contributed by atoms with Crippen LogP contribution in [0.5, 0.6) is 11.6 Å². The average Bonchev–Trinajstić information content (AvgIpc) is 2.33. The minimum absolute atomic E-state index is 0.176. The van der Waals surface area contributed by atoms with E-state index in [4.69, 9.17) is 15.6 Å². The quantitative estimate of drug-likeness (QED) is 0.831. The monoisotopic (exact) mass is 231 g/mol. The Morgan fingerprint density at radius 3 is 2.41 bits per heavy atom. The van der Waals surface area contributed by atoms with E-state index in [9.17, 15) is 4.79 Å². The van der Waals surface area contributed by atoms with Crippen LogP contribution < -0.4 is 10.5 Å². The molecule has 1 aromatic carbocycles. The molecule has 0 amide bonds. The minimum atomic E-state index is -0.990. The molecule has 17 heavy (non-hydrogen) atoms. The summed E-state index contributed by atoms with van der Waals surface area (Å²) in [6.07, 6.45) is 2.91. The zero-order valence-electron chi connectivity index (χ0n) is 8.70. The standard InChI is InChI=1S/C11H9N3O3/c12-9-10(14-6-5-13-9)17-8-3-1-7(2-4-8)11(15)16/h1-6H,(H2,12,13)(H,15,16). The van der Waals surface area contributed by atoms with E-state index in [1.54, 1.807) is 0 Å². The van der Waals surface area contributed by atoms with Gasteiger partial charge in [-0.3, -0.25) is 0 Å². The summed E-state index contributed by atoms with van der Waals surface area (Å²) in [5.74, 6) is -0.178. The van der Waals surface area contributed by atoms with Crippen molar-refractivity contribution in [2.24, 2.45) is 0 Å². The van der Waals surface area contributed by atoms with Gasteiger partial charge in [-0.05, 0) is 24.3 Å². The SMILES string of the molecule is Nc1nccnc1Oc1ccc(C(=O)O)cc1. The summed E-state index contributed by atoms with van der Waals surface area (Å²) >= 11 is 0. The van der Waals surface area contributed by atoms with E-state index in [0.717, 1.165) is 0 Å². The number of nitrogens with two attached hydrogens (primary N) is 1. The van der Waals surface area contributed by atoms with Crippen molar-refractivity contribution in [3.8, 4) is 11.6 Å². The molecule has 6 nitrogen and oxygen atoms in total. The van der Waals surface area contributed by atoms with E-state index in [1.807, 2.05) is 0 Å². The molecule has 0 aliphatic carbocycles. The number of nitrogens with zero attached hydrogens (tertiary/aromatic N) is 2. The topological polar surface area (TPSA) is 98.3 Å². The van der Waals surface area contributed by atoms with Crippen LogP contribution in [0.15, 0.2) is 36.7 Å². The first-order valence-electron chi connectivity index (χ1n) is 4.74. The first-order valence-corrected chi connectivity index (χ1v) is 4.74. The van der Waals surface area contributed by atoms with Gasteiger partial charge in [0.25, 0.3) is 5.88 Å². The molecule has 1 heterocycles. The number of aromatic nitrogens is 2. The lowest BCUT2D eigenvalue weighted by molar-refractivity contribution is 0.0697. The Kier molecular flexibility index (Phi) is 2.87. The number of aromatic carboxylic acids is 1. The zero-order chi connectivity index (χ0) is 12.3. The third kappa shape index (κ3) is 2.49. The Labute approximate surface area is 96.7 Å². The zero-order valence-corrected chi connectivity index (χ0v) is 8.70. The van der Waals surface area contributed by atoms with Gasteiger partial charge in [0, 0.05) is 12.4 Å². The minimum Gasteiger partial charge on any atom is -0.478 e. The number of ether oxygens (including phenoxy) is 1. The van der Waals surface area contributed by atoms with Crippen LogP contribution in [0.4, 0.5) is 5.82 Å². The molecule has 0 unspecified atom stereocenters. The largest absolute Gasteiger partial charge is 0.478 e. The molecule has 0 atom stereocenters. The molecule has 86 valence electrons. The maximum absolute atomic E-state index is 10.6. The van der Waals surface area contributed by atoms with Crippen molar-refractivity contribution in [2.45, 2.75) is 0 Å². The van der Waals surface area contributed by atoms with Crippen molar-refractivity contribution in [1.29, 1.82) is 0 Å². The Balaban J connectivity index is 2.20. The first kappa shape index (κ1) is 10.9. The van der Waals surface area contributed by atoms with Gasteiger partial charge in [0.2, 0.25) is 0 Å². The second-order valence-corrected chi connectivity index (χ2v) is 3.18. The van der Waals surface area contributed by atoms with Gasteiger partial charge >= 0.3 is 5.97 Å². The van der Waals surface area contributed by atoms with E-state index in [1.165, 1.54) is 36.7 Å². The number of nitrogen functional groups attached to an aromatic ring is 1.